The molecule has 0 atom stereocenters. The summed E-state index contributed by atoms with van der Waals surface area (Å²) in [5, 5.41) is 8.80. The van der Waals surface area contributed by atoms with Gasteiger partial charge in [-0.15, -0.1) is 0 Å². The number of carboxylic acids is 1. The van der Waals surface area contributed by atoms with Gasteiger partial charge in [0.05, 0.1) is 6.42 Å². The molecule has 4 heteroatoms. The predicted molar refractivity (Wildman–Crippen MR) is 75.5 cm³/mol. The molecule has 20 heavy (non-hydrogen) atoms. The van der Waals surface area contributed by atoms with Gasteiger partial charge in [0.2, 0.25) is 5.89 Å². The number of nitrogens with zero attached hydrogens (tertiary/aromatic N) is 1. The summed E-state index contributed by atoms with van der Waals surface area (Å²) in [6.45, 7) is 2.02. The average Bonchev–Trinajstić information content (AvgIpc) is 2.81. The second-order valence-electron chi connectivity index (χ2n) is 4.76. The highest BCUT2D eigenvalue weighted by atomic mass is 16.4. The van der Waals surface area contributed by atoms with Crippen LogP contribution in [-0.2, 0) is 11.2 Å². The van der Waals surface area contributed by atoms with Crippen LogP contribution >= 0.6 is 0 Å². The number of aryl methyl sites for hydroxylation is 1. The number of oxazole rings is 1. The molecule has 0 saturated heterocycles. The minimum Gasteiger partial charge on any atom is -0.481 e. The Kier molecular flexibility index (Phi) is 2.99. The standard InChI is InChI=1S/C16H13NO3/c1-10-2-5-12(6-3-10)16-17-13-7-4-11(9-15(18)19)8-14(13)20-16/h2-8H,9H2,1H3,(H,18,19). The van der Waals surface area contributed by atoms with Gasteiger partial charge in [-0.3, -0.25) is 4.79 Å². The van der Waals surface area contributed by atoms with Crippen molar-refractivity contribution in [3.8, 4) is 11.5 Å². The van der Waals surface area contributed by atoms with Crippen molar-refractivity contribution in [2.45, 2.75) is 13.3 Å². The Balaban J connectivity index is 2.01. The fourth-order valence-electron chi connectivity index (χ4n) is 2.07. The van der Waals surface area contributed by atoms with Crippen LogP contribution in [0.2, 0.25) is 0 Å². The number of benzene rings is 2. The van der Waals surface area contributed by atoms with Crippen LogP contribution in [0.25, 0.3) is 22.6 Å². The van der Waals surface area contributed by atoms with Gasteiger partial charge < -0.3 is 9.52 Å². The van der Waals surface area contributed by atoms with E-state index in [0.29, 0.717) is 17.0 Å². The summed E-state index contributed by atoms with van der Waals surface area (Å²) in [6.07, 6.45) is -0.0174. The number of carbonyl (C=O) groups is 1. The van der Waals surface area contributed by atoms with Gasteiger partial charge in [0.1, 0.15) is 5.52 Å². The van der Waals surface area contributed by atoms with Crippen LogP contribution in [0.3, 0.4) is 0 Å². The molecule has 0 radical (unpaired) electrons. The van der Waals surface area contributed by atoms with Gasteiger partial charge in [-0.1, -0.05) is 23.8 Å². The first-order valence-corrected chi connectivity index (χ1v) is 6.30. The highest BCUT2D eigenvalue weighted by Crippen LogP contribution is 2.25. The van der Waals surface area contributed by atoms with Crippen LogP contribution in [0.15, 0.2) is 46.9 Å². The summed E-state index contributed by atoms with van der Waals surface area (Å²) in [6, 6.07) is 13.2. The smallest absolute Gasteiger partial charge is 0.307 e. The second-order valence-corrected chi connectivity index (χ2v) is 4.76. The van der Waals surface area contributed by atoms with Gasteiger partial charge in [0.25, 0.3) is 0 Å². The Morgan fingerprint density at radius 3 is 2.65 bits per heavy atom. The van der Waals surface area contributed by atoms with Crippen LogP contribution in [-0.4, -0.2) is 16.1 Å². The summed E-state index contributed by atoms with van der Waals surface area (Å²) in [4.78, 5) is 15.1. The van der Waals surface area contributed by atoms with Crippen molar-refractivity contribution >= 4 is 17.1 Å². The summed E-state index contributed by atoms with van der Waals surface area (Å²) < 4.78 is 5.71. The highest BCUT2D eigenvalue weighted by Gasteiger charge is 2.09. The van der Waals surface area contributed by atoms with E-state index in [2.05, 4.69) is 4.98 Å². The predicted octanol–water partition coefficient (Wildman–Crippen LogP) is 3.43. The monoisotopic (exact) mass is 267 g/mol. The van der Waals surface area contributed by atoms with Crippen molar-refractivity contribution < 1.29 is 14.3 Å². The van der Waals surface area contributed by atoms with Crippen molar-refractivity contribution in [3.05, 3.63) is 53.6 Å². The molecule has 4 nitrogen and oxygen atoms in total. The third-order valence-electron chi connectivity index (χ3n) is 3.11. The minimum absolute atomic E-state index is 0.0174. The van der Waals surface area contributed by atoms with Crippen LogP contribution in [0.4, 0.5) is 0 Å². The molecule has 1 N–H and O–H groups in total. The Morgan fingerprint density at radius 1 is 1.20 bits per heavy atom. The SMILES string of the molecule is Cc1ccc(-c2nc3ccc(CC(=O)O)cc3o2)cc1. The number of aliphatic carboxylic acids is 1. The van der Waals surface area contributed by atoms with Gasteiger partial charge >= 0.3 is 5.97 Å². The molecule has 2 aromatic carbocycles. The average molecular weight is 267 g/mol. The molecular formula is C16H13NO3. The lowest BCUT2D eigenvalue weighted by Gasteiger charge is -1.95. The quantitative estimate of drug-likeness (QED) is 0.789. The Labute approximate surface area is 115 Å². The van der Waals surface area contributed by atoms with Crippen LogP contribution in [0, 0.1) is 6.92 Å². The van der Waals surface area contributed by atoms with Gasteiger partial charge in [0, 0.05) is 5.56 Å². The van der Waals surface area contributed by atoms with Crippen LogP contribution in [0.1, 0.15) is 11.1 Å². The number of hydrogen-bond donors (Lipinski definition) is 1. The van der Waals surface area contributed by atoms with Gasteiger partial charge in [-0.25, -0.2) is 4.98 Å². The Hall–Kier alpha value is -2.62. The van der Waals surface area contributed by atoms with E-state index in [1.807, 2.05) is 31.2 Å². The van der Waals surface area contributed by atoms with E-state index in [4.69, 9.17) is 9.52 Å². The zero-order valence-corrected chi connectivity index (χ0v) is 11.0. The van der Waals surface area contributed by atoms with Gasteiger partial charge in [-0.05, 0) is 36.8 Å². The topological polar surface area (TPSA) is 63.3 Å². The van der Waals surface area contributed by atoms with E-state index < -0.39 is 5.97 Å². The van der Waals surface area contributed by atoms with Crippen LogP contribution in [0.5, 0.6) is 0 Å². The van der Waals surface area contributed by atoms with Crippen molar-refractivity contribution in [1.29, 1.82) is 0 Å². The molecule has 3 rings (SSSR count). The number of carboxylic acid groups (broad SMARTS) is 1. The Morgan fingerprint density at radius 2 is 1.95 bits per heavy atom. The van der Waals surface area contributed by atoms with Gasteiger partial charge in [-0.2, -0.15) is 0 Å². The van der Waals surface area contributed by atoms with Crippen molar-refractivity contribution in [2.24, 2.45) is 0 Å². The molecule has 0 aliphatic carbocycles. The molecule has 0 aliphatic rings. The molecule has 1 aromatic heterocycles. The lowest BCUT2D eigenvalue weighted by molar-refractivity contribution is -0.136. The normalized spacial score (nSPS) is 10.8. The van der Waals surface area contributed by atoms with Crippen LogP contribution < -0.4 is 0 Å². The number of hydrogen-bond acceptors (Lipinski definition) is 3. The molecule has 3 aromatic rings. The maximum atomic E-state index is 10.7. The number of aromatic nitrogens is 1. The molecular weight excluding hydrogens is 254 g/mol. The molecule has 0 amide bonds. The molecule has 100 valence electrons. The summed E-state index contributed by atoms with van der Waals surface area (Å²) >= 11 is 0. The first-order chi connectivity index (χ1) is 9.61. The van der Waals surface area contributed by atoms with E-state index in [-0.39, 0.29) is 6.42 Å². The lowest BCUT2D eigenvalue weighted by Crippen LogP contribution is -1.99. The van der Waals surface area contributed by atoms with Crippen molar-refractivity contribution in [3.63, 3.8) is 0 Å². The molecule has 0 bridgehead atoms. The third-order valence-corrected chi connectivity index (χ3v) is 3.11. The summed E-state index contributed by atoms with van der Waals surface area (Å²) in [7, 11) is 0. The minimum atomic E-state index is -0.859. The summed E-state index contributed by atoms with van der Waals surface area (Å²) in [5.74, 6) is -0.310. The molecule has 0 spiro atoms. The first kappa shape index (κ1) is 12.4. The lowest BCUT2D eigenvalue weighted by atomic mass is 10.1. The van der Waals surface area contributed by atoms with E-state index in [0.717, 1.165) is 11.1 Å². The highest BCUT2D eigenvalue weighted by molar-refractivity contribution is 5.79. The molecule has 0 fully saturated rings. The van der Waals surface area contributed by atoms with E-state index in [1.54, 1.807) is 18.2 Å². The van der Waals surface area contributed by atoms with E-state index >= 15 is 0 Å². The zero-order chi connectivity index (χ0) is 14.1. The van der Waals surface area contributed by atoms with Gasteiger partial charge in [0.15, 0.2) is 5.58 Å². The fraction of sp³-hybridized carbons (Fsp3) is 0.125. The Bertz CT molecular complexity index is 772. The zero-order valence-electron chi connectivity index (χ0n) is 11.0. The van der Waals surface area contributed by atoms with E-state index in [9.17, 15) is 4.79 Å². The number of fused-ring (bicyclic) bond motifs is 1. The third kappa shape index (κ3) is 2.40. The summed E-state index contributed by atoms with van der Waals surface area (Å²) in [5.41, 5.74) is 4.13. The fourth-order valence-corrected chi connectivity index (χ4v) is 2.07. The molecule has 0 aliphatic heterocycles. The van der Waals surface area contributed by atoms with Crippen molar-refractivity contribution in [2.75, 3.05) is 0 Å². The van der Waals surface area contributed by atoms with E-state index in [1.165, 1.54) is 5.56 Å². The maximum absolute atomic E-state index is 10.7. The molecule has 1 heterocycles. The first-order valence-electron chi connectivity index (χ1n) is 6.30. The van der Waals surface area contributed by atoms with Crippen molar-refractivity contribution in [1.82, 2.24) is 4.98 Å². The maximum Gasteiger partial charge on any atom is 0.307 e. The number of rotatable bonds is 3. The molecule has 0 saturated carbocycles. The largest absolute Gasteiger partial charge is 0.481 e. The second kappa shape index (κ2) is 4.81. The molecule has 0 unspecified atom stereocenters.